The zero-order valence-corrected chi connectivity index (χ0v) is 82.1. The van der Waals surface area contributed by atoms with Gasteiger partial charge in [-0.25, -0.2) is 0 Å². The maximum absolute atomic E-state index is 2.47. The van der Waals surface area contributed by atoms with Gasteiger partial charge in [0.2, 0.25) is 0 Å². The maximum atomic E-state index is 2.47. The van der Waals surface area contributed by atoms with Crippen LogP contribution in [0.5, 0.6) is 0 Å². The molecule has 0 radical (unpaired) electrons. The van der Waals surface area contributed by atoms with Crippen LogP contribution in [0.3, 0.4) is 0 Å². The van der Waals surface area contributed by atoms with Crippen molar-refractivity contribution in [1.29, 1.82) is 0 Å². The lowest BCUT2D eigenvalue weighted by Crippen LogP contribution is -1.99. The van der Waals surface area contributed by atoms with Gasteiger partial charge in [-0.05, 0) is 217 Å². The second-order valence-electron chi connectivity index (χ2n) is 38.8. The molecule has 0 aliphatic heterocycles. The first kappa shape index (κ1) is 87.8. The summed E-state index contributed by atoms with van der Waals surface area (Å²) in [6, 6.07) is 211. The van der Waals surface area contributed by atoms with Crippen molar-refractivity contribution >= 4 is 131 Å². The fraction of sp³-hybridized carbons (Fsp3) is 0. The minimum Gasteiger partial charge on any atom is -0.309 e. The van der Waals surface area contributed by atoms with E-state index in [1.54, 1.807) is 0 Å². The molecule has 6 nitrogen and oxygen atoms in total. The molecule has 150 heavy (non-hydrogen) atoms. The third-order valence-electron chi connectivity index (χ3n) is 30.4. The van der Waals surface area contributed by atoms with Gasteiger partial charge in [0.15, 0.2) is 0 Å². The van der Waals surface area contributed by atoms with Gasteiger partial charge >= 0.3 is 0 Å². The number of hydrogen-bond donors (Lipinski definition) is 0. The van der Waals surface area contributed by atoms with E-state index in [4.69, 9.17) is 0 Å². The summed E-state index contributed by atoms with van der Waals surface area (Å²) >= 11 is 0. The molecule has 0 bridgehead atoms. The van der Waals surface area contributed by atoms with Gasteiger partial charge in [-0.15, -0.1) is 0 Å². The summed E-state index contributed by atoms with van der Waals surface area (Å²) in [5, 5.41) is 15.1. The third kappa shape index (κ3) is 15.0. The molecular formula is C144H96N6. The van der Waals surface area contributed by atoms with Crippen molar-refractivity contribution in [2.45, 2.75) is 0 Å². The fourth-order valence-electron chi connectivity index (χ4n) is 23.9. The molecule has 24 aromatic carbocycles. The van der Waals surface area contributed by atoms with Gasteiger partial charge in [0, 0.05) is 98.4 Å². The van der Waals surface area contributed by atoms with Gasteiger partial charge in [-0.2, -0.15) is 0 Å². The van der Waals surface area contributed by atoms with Gasteiger partial charge in [0.25, 0.3) is 0 Å². The normalized spacial score (nSPS) is 11.6. The summed E-state index contributed by atoms with van der Waals surface area (Å²) in [5.74, 6) is 0. The standard InChI is InChI=1S/3C48H32N2/c1-3-16-33(17-4-1)37-25-14-30-45(47(37)34-18-5-2-6-19-34)50-44-29-12-9-24-41(44)48-38(26-15-31-46(48)50)35-20-13-21-36(32-35)49-42-27-10-7-22-39(42)40-23-8-11-28-43(40)49;1-3-15-33(16-4-1)35-29-30-38(34-17-5-2-6-18-34)47(32-35)50-45-27-12-9-23-42(45)48-39(24-14-28-46(48)50)36-19-13-20-37(31-36)49-43-25-10-7-21-40(43)41-22-8-11-26-44(41)49;1-3-15-33(16-4-1)35-29-30-46(42(32-35)34-17-5-2-6-18-34)50-45-27-12-9-23-41(45)48-38(24-14-28-47(48)50)36-19-13-20-37(31-36)49-43-25-10-7-21-39(43)40-22-8-11-26-44(40)49/h3*1-32H. The second kappa shape index (κ2) is 37.4. The molecule has 0 aliphatic rings. The van der Waals surface area contributed by atoms with Gasteiger partial charge in [-0.1, -0.05) is 449 Å². The Morgan fingerprint density at radius 2 is 0.340 bits per heavy atom. The Morgan fingerprint density at radius 1 is 0.100 bits per heavy atom. The molecule has 0 N–H and O–H groups in total. The summed E-state index contributed by atoms with van der Waals surface area (Å²) in [5.41, 5.74) is 43.1. The van der Waals surface area contributed by atoms with E-state index >= 15 is 0 Å². The topological polar surface area (TPSA) is 29.6 Å². The van der Waals surface area contributed by atoms with E-state index in [0.717, 1.165) is 17.1 Å². The Labute approximate surface area is 868 Å². The van der Waals surface area contributed by atoms with Crippen molar-refractivity contribution in [3.05, 3.63) is 582 Å². The number of hydrogen-bond acceptors (Lipinski definition) is 0. The molecule has 0 saturated carbocycles. The van der Waals surface area contributed by atoms with Crippen molar-refractivity contribution in [3.63, 3.8) is 0 Å². The van der Waals surface area contributed by atoms with E-state index in [9.17, 15) is 0 Å². The quantitative estimate of drug-likeness (QED) is 0.0979. The molecule has 702 valence electrons. The van der Waals surface area contributed by atoms with E-state index in [-0.39, 0.29) is 0 Å². The lowest BCUT2D eigenvalue weighted by molar-refractivity contribution is 1.18. The average Bonchev–Trinajstić information content (AvgIpc) is 1.57. The van der Waals surface area contributed by atoms with E-state index in [1.807, 2.05) is 0 Å². The van der Waals surface area contributed by atoms with Crippen molar-refractivity contribution in [3.8, 4) is 134 Å². The highest BCUT2D eigenvalue weighted by atomic mass is 15.0. The van der Waals surface area contributed by atoms with Crippen molar-refractivity contribution in [2.24, 2.45) is 0 Å². The number of aromatic nitrogens is 6. The van der Waals surface area contributed by atoms with Crippen LogP contribution in [0, 0.1) is 0 Å². The van der Waals surface area contributed by atoms with Gasteiger partial charge in [0.1, 0.15) is 0 Å². The predicted octanol–water partition coefficient (Wildman–Crippen LogP) is 38.6. The molecule has 0 amide bonds. The number of nitrogens with zero attached hydrogens (tertiary/aromatic N) is 6. The largest absolute Gasteiger partial charge is 0.309 e. The van der Waals surface area contributed by atoms with Crippen LogP contribution in [0.2, 0.25) is 0 Å². The average molecular weight is 1910 g/mol. The Morgan fingerprint density at radius 3 is 0.693 bits per heavy atom. The number of fused-ring (bicyclic) bond motifs is 18. The highest BCUT2D eigenvalue weighted by Crippen LogP contribution is 2.50. The monoisotopic (exact) mass is 1910 g/mol. The third-order valence-corrected chi connectivity index (χ3v) is 30.4. The number of rotatable bonds is 15. The Bertz CT molecular complexity index is 10000. The first-order valence-corrected chi connectivity index (χ1v) is 51.6. The smallest absolute Gasteiger partial charge is 0.0547 e. The summed E-state index contributed by atoms with van der Waals surface area (Å²) in [7, 11) is 0. The van der Waals surface area contributed by atoms with Crippen LogP contribution >= 0.6 is 0 Å². The summed E-state index contributed by atoms with van der Waals surface area (Å²) in [6.07, 6.45) is 0. The van der Waals surface area contributed by atoms with Crippen LogP contribution in [0.4, 0.5) is 0 Å². The fourth-order valence-corrected chi connectivity index (χ4v) is 23.9. The molecular weight excluding hydrogens is 1810 g/mol. The maximum Gasteiger partial charge on any atom is 0.0547 e. The first-order valence-electron chi connectivity index (χ1n) is 51.6. The van der Waals surface area contributed by atoms with E-state index < -0.39 is 0 Å². The minimum atomic E-state index is 1.16. The van der Waals surface area contributed by atoms with Crippen molar-refractivity contribution in [1.82, 2.24) is 27.4 Å². The zero-order chi connectivity index (χ0) is 99.1. The van der Waals surface area contributed by atoms with Crippen molar-refractivity contribution < 1.29 is 0 Å². The predicted molar refractivity (Wildman–Crippen MR) is 634 cm³/mol. The lowest BCUT2D eigenvalue weighted by Gasteiger charge is -2.18. The van der Waals surface area contributed by atoms with Crippen LogP contribution in [0.25, 0.3) is 265 Å². The molecule has 0 atom stereocenters. The first-order chi connectivity index (χ1) is 74.5. The summed E-state index contributed by atoms with van der Waals surface area (Å²) < 4.78 is 14.6. The van der Waals surface area contributed by atoms with Crippen LogP contribution < -0.4 is 0 Å². The molecule has 0 saturated heterocycles. The molecule has 0 fully saturated rings. The van der Waals surface area contributed by atoms with E-state index in [2.05, 4.69) is 610 Å². The Kier molecular flexibility index (Phi) is 21.9. The lowest BCUT2D eigenvalue weighted by atomic mass is 9.92. The van der Waals surface area contributed by atoms with Gasteiger partial charge in [0.05, 0.1) is 83.3 Å². The molecule has 0 aliphatic carbocycles. The molecule has 6 aromatic heterocycles. The second-order valence-corrected chi connectivity index (χ2v) is 38.8. The van der Waals surface area contributed by atoms with Crippen molar-refractivity contribution in [2.75, 3.05) is 0 Å². The molecule has 6 heteroatoms. The van der Waals surface area contributed by atoms with E-state index in [1.165, 1.54) is 248 Å². The molecule has 0 spiro atoms. The van der Waals surface area contributed by atoms with Gasteiger partial charge in [-0.3, -0.25) is 0 Å². The van der Waals surface area contributed by atoms with Crippen LogP contribution in [-0.2, 0) is 0 Å². The van der Waals surface area contributed by atoms with Crippen LogP contribution in [0.1, 0.15) is 0 Å². The summed E-state index contributed by atoms with van der Waals surface area (Å²) in [6.45, 7) is 0. The minimum absolute atomic E-state index is 1.16. The number of para-hydroxylation sites is 9. The highest BCUT2D eigenvalue weighted by Gasteiger charge is 2.27. The molecule has 6 heterocycles. The Balaban J connectivity index is 0.000000108. The highest BCUT2D eigenvalue weighted by molar-refractivity contribution is 6.21. The molecule has 30 aromatic rings. The zero-order valence-electron chi connectivity index (χ0n) is 82.1. The Hall–Kier alpha value is -19.9. The summed E-state index contributed by atoms with van der Waals surface area (Å²) in [4.78, 5) is 0. The van der Waals surface area contributed by atoms with Crippen LogP contribution in [-0.4, -0.2) is 27.4 Å². The SMILES string of the molecule is c1ccc(-c2ccc(-c3ccccc3)c(-n3c4ccccc4c4c(-c5cccc(-n6c7ccccc7c7ccccc76)c5)cccc43)c2)cc1.c1ccc(-c2ccc(-n3c4ccccc4c4c(-c5cccc(-n6c7ccccc7c7ccccc76)c5)cccc43)c(-c3ccccc3)c2)cc1.c1ccc(-c2cccc(-n3c4ccccc4c4c(-c5cccc(-n6c7ccccc7c7ccccc76)c5)cccc43)c2-c2ccccc2)cc1. The van der Waals surface area contributed by atoms with E-state index in [0.29, 0.717) is 0 Å². The molecule has 0 unspecified atom stereocenters. The van der Waals surface area contributed by atoms with Gasteiger partial charge < -0.3 is 27.4 Å². The number of benzene rings is 24. The molecule has 30 rings (SSSR count). The van der Waals surface area contributed by atoms with Crippen LogP contribution in [0.15, 0.2) is 582 Å².